The van der Waals surface area contributed by atoms with E-state index >= 15 is 0 Å². The Morgan fingerprint density at radius 1 is 1.18 bits per heavy atom. The Morgan fingerprint density at radius 3 is 2.29 bits per heavy atom. The molecule has 1 N–H and O–H groups in total. The molecular weight excluding hydrogens is 387 g/mol. The van der Waals surface area contributed by atoms with Crippen molar-refractivity contribution in [3.63, 3.8) is 0 Å². The molecule has 1 amide bonds. The van der Waals surface area contributed by atoms with E-state index in [1.165, 1.54) is 23.4 Å². The Kier molecular flexibility index (Phi) is 7.54. The van der Waals surface area contributed by atoms with Gasteiger partial charge in [0.2, 0.25) is 10.0 Å². The molecule has 0 aliphatic carbocycles. The van der Waals surface area contributed by atoms with Gasteiger partial charge in [0.15, 0.2) is 6.10 Å². The van der Waals surface area contributed by atoms with Crippen molar-refractivity contribution < 1.29 is 27.1 Å². The van der Waals surface area contributed by atoms with Crippen molar-refractivity contribution in [2.75, 3.05) is 19.6 Å². The first-order valence-corrected chi connectivity index (χ1v) is 10.8. The van der Waals surface area contributed by atoms with Gasteiger partial charge >= 0.3 is 5.97 Å². The predicted octanol–water partition coefficient (Wildman–Crippen LogP) is 1.93. The minimum absolute atomic E-state index is 0.0189. The van der Waals surface area contributed by atoms with E-state index in [0.717, 1.165) is 12.1 Å². The minimum atomic E-state index is -3.73. The number of carbonyl (C=O) groups is 2. The van der Waals surface area contributed by atoms with Gasteiger partial charge in [-0.2, -0.15) is 4.31 Å². The van der Waals surface area contributed by atoms with Crippen molar-refractivity contribution in [1.29, 1.82) is 0 Å². The fourth-order valence-electron chi connectivity index (χ4n) is 2.86. The van der Waals surface area contributed by atoms with Gasteiger partial charge < -0.3 is 10.1 Å². The topological polar surface area (TPSA) is 92.8 Å². The highest BCUT2D eigenvalue weighted by molar-refractivity contribution is 7.89. The smallest absolute Gasteiger partial charge is 0.309 e. The molecule has 1 unspecified atom stereocenters. The van der Waals surface area contributed by atoms with Crippen LogP contribution in [0.5, 0.6) is 0 Å². The van der Waals surface area contributed by atoms with Crippen molar-refractivity contribution >= 4 is 21.9 Å². The maximum Gasteiger partial charge on any atom is 0.309 e. The summed E-state index contributed by atoms with van der Waals surface area (Å²) in [5.41, 5.74) is 0. The van der Waals surface area contributed by atoms with E-state index in [2.05, 4.69) is 5.32 Å². The zero-order chi connectivity index (χ0) is 20.9. The van der Waals surface area contributed by atoms with E-state index < -0.39 is 33.8 Å². The SMILES string of the molecule is CC(C)CNC(=O)C(C)OC(=O)C1CCN(S(=O)(=O)c2ccc(F)cc2)CC1. The maximum atomic E-state index is 13.0. The summed E-state index contributed by atoms with van der Waals surface area (Å²) in [4.78, 5) is 24.2. The van der Waals surface area contributed by atoms with Gasteiger partial charge in [-0.05, 0) is 49.9 Å². The third kappa shape index (κ3) is 5.75. The molecule has 0 saturated carbocycles. The van der Waals surface area contributed by atoms with Gasteiger partial charge in [-0.1, -0.05) is 13.8 Å². The number of sulfonamides is 1. The molecule has 9 heteroatoms. The molecule has 1 aromatic carbocycles. The van der Waals surface area contributed by atoms with Gasteiger partial charge in [0.05, 0.1) is 10.8 Å². The first kappa shape index (κ1) is 22.3. The van der Waals surface area contributed by atoms with Crippen LogP contribution in [0, 0.1) is 17.7 Å². The number of nitrogens with zero attached hydrogens (tertiary/aromatic N) is 1. The van der Waals surface area contributed by atoms with Crippen LogP contribution in [-0.4, -0.2) is 50.3 Å². The Morgan fingerprint density at radius 2 is 1.75 bits per heavy atom. The van der Waals surface area contributed by atoms with Gasteiger partial charge in [0.1, 0.15) is 5.82 Å². The molecule has 0 bridgehead atoms. The van der Waals surface area contributed by atoms with Crippen molar-refractivity contribution in [1.82, 2.24) is 9.62 Å². The summed E-state index contributed by atoms with van der Waals surface area (Å²) in [5, 5.41) is 2.71. The van der Waals surface area contributed by atoms with Gasteiger partial charge in [-0.3, -0.25) is 9.59 Å². The van der Waals surface area contributed by atoms with Crippen molar-refractivity contribution in [2.45, 2.75) is 44.6 Å². The molecule has 1 saturated heterocycles. The monoisotopic (exact) mass is 414 g/mol. The van der Waals surface area contributed by atoms with E-state index in [0.29, 0.717) is 25.3 Å². The number of esters is 1. The largest absolute Gasteiger partial charge is 0.452 e. The van der Waals surface area contributed by atoms with Crippen molar-refractivity contribution in [2.24, 2.45) is 11.8 Å². The van der Waals surface area contributed by atoms with E-state index in [1.807, 2.05) is 13.8 Å². The summed E-state index contributed by atoms with van der Waals surface area (Å²) in [6, 6.07) is 4.65. The van der Waals surface area contributed by atoms with Gasteiger partial charge in [0, 0.05) is 19.6 Å². The number of ether oxygens (including phenoxy) is 1. The molecule has 1 aromatic rings. The van der Waals surface area contributed by atoms with Crippen LogP contribution < -0.4 is 5.32 Å². The van der Waals surface area contributed by atoms with E-state index in [9.17, 15) is 22.4 Å². The molecule has 1 fully saturated rings. The van der Waals surface area contributed by atoms with Gasteiger partial charge in [-0.25, -0.2) is 12.8 Å². The number of carbonyl (C=O) groups excluding carboxylic acids is 2. The zero-order valence-corrected chi connectivity index (χ0v) is 17.2. The highest BCUT2D eigenvalue weighted by Crippen LogP contribution is 2.25. The zero-order valence-electron chi connectivity index (χ0n) is 16.4. The number of benzene rings is 1. The summed E-state index contributed by atoms with van der Waals surface area (Å²) in [5.74, 6) is -1.52. The molecule has 1 aliphatic heterocycles. The Labute approximate surface area is 165 Å². The van der Waals surface area contributed by atoms with Crippen molar-refractivity contribution in [3.8, 4) is 0 Å². The predicted molar refractivity (Wildman–Crippen MR) is 101 cm³/mol. The van der Waals surface area contributed by atoms with Crippen LogP contribution in [0.15, 0.2) is 29.2 Å². The van der Waals surface area contributed by atoms with Gasteiger partial charge in [0.25, 0.3) is 5.91 Å². The van der Waals surface area contributed by atoms with E-state index in [1.54, 1.807) is 0 Å². The first-order valence-electron chi connectivity index (χ1n) is 9.35. The maximum absolute atomic E-state index is 13.0. The minimum Gasteiger partial charge on any atom is -0.452 e. The van der Waals surface area contributed by atoms with Gasteiger partial charge in [-0.15, -0.1) is 0 Å². The fourth-order valence-corrected chi connectivity index (χ4v) is 4.33. The summed E-state index contributed by atoms with van der Waals surface area (Å²) in [6.07, 6.45) is -0.286. The number of rotatable bonds is 7. The molecule has 156 valence electrons. The standard InChI is InChI=1S/C19H27FN2O5S/c1-13(2)12-21-18(23)14(3)27-19(24)15-8-10-22(11-9-15)28(25,26)17-6-4-16(20)5-7-17/h4-7,13-15H,8-12H2,1-3H3,(H,21,23). The second-order valence-corrected chi connectivity index (χ2v) is 9.29. The molecule has 0 spiro atoms. The molecular formula is C19H27FN2O5S. The molecule has 28 heavy (non-hydrogen) atoms. The quantitative estimate of drug-likeness (QED) is 0.688. The number of amides is 1. The first-order chi connectivity index (χ1) is 13.1. The Balaban J connectivity index is 1.88. The molecule has 0 radical (unpaired) electrons. The summed E-state index contributed by atoms with van der Waals surface area (Å²) in [7, 11) is -3.73. The van der Waals surface area contributed by atoms with Crippen LogP contribution >= 0.6 is 0 Å². The molecule has 0 aromatic heterocycles. The highest BCUT2D eigenvalue weighted by Gasteiger charge is 2.33. The lowest BCUT2D eigenvalue weighted by Crippen LogP contribution is -2.42. The summed E-state index contributed by atoms with van der Waals surface area (Å²) in [6.45, 7) is 6.26. The third-order valence-electron chi connectivity index (χ3n) is 4.59. The second-order valence-electron chi connectivity index (χ2n) is 7.35. The summed E-state index contributed by atoms with van der Waals surface area (Å²) >= 11 is 0. The molecule has 1 heterocycles. The lowest BCUT2D eigenvalue weighted by atomic mass is 9.98. The average molecular weight is 414 g/mol. The fraction of sp³-hybridized carbons (Fsp3) is 0.579. The Bertz CT molecular complexity index is 787. The second kappa shape index (κ2) is 9.47. The van der Waals surface area contributed by atoms with E-state index in [4.69, 9.17) is 4.74 Å². The van der Waals surface area contributed by atoms with Crippen LogP contribution in [0.4, 0.5) is 4.39 Å². The summed E-state index contributed by atoms with van der Waals surface area (Å²) < 4.78 is 44.7. The van der Waals surface area contributed by atoms with Crippen LogP contribution in [0.25, 0.3) is 0 Å². The number of halogens is 1. The number of nitrogens with one attached hydrogen (secondary N) is 1. The van der Waals surface area contributed by atoms with Crippen LogP contribution in [0.2, 0.25) is 0 Å². The third-order valence-corrected chi connectivity index (χ3v) is 6.50. The normalized spacial score (nSPS) is 17.3. The van der Waals surface area contributed by atoms with Crippen molar-refractivity contribution in [3.05, 3.63) is 30.1 Å². The lowest BCUT2D eigenvalue weighted by Gasteiger charge is -2.30. The molecule has 2 rings (SSSR count). The molecule has 1 atom stereocenters. The highest BCUT2D eigenvalue weighted by atomic mass is 32.2. The van der Waals surface area contributed by atoms with E-state index in [-0.39, 0.29) is 23.9 Å². The number of piperidine rings is 1. The van der Waals surface area contributed by atoms with Crippen LogP contribution in [-0.2, 0) is 24.3 Å². The van der Waals surface area contributed by atoms with Crippen LogP contribution in [0.3, 0.4) is 0 Å². The molecule has 1 aliphatic rings. The number of hydrogen-bond donors (Lipinski definition) is 1. The lowest BCUT2D eigenvalue weighted by molar-refractivity contribution is -0.159. The Hall–Kier alpha value is -2.00. The number of hydrogen-bond acceptors (Lipinski definition) is 5. The van der Waals surface area contributed by atoms with Crippen LogP contribution in [0.1, 0.15) is 33.6 Å². The average Bonchev–Trinajstić information content (AvgIpc) is 2.66. The molecule has 7 nitrogen and oxygen atoms in total.